The lowest BCUT2D eigenvalue weighted by Gasteiger charge is -2.38. The predicted octanol–water partition coefficient (Wildman–Crippen LogP) is 5.33. The van der Waals surface area contributed by atoms with Crippen molar-refractivity contribution < 1.29 is 43.3 Å². The minimum absolute atomic E-state index is 0.0198. The van der Waals surface area contributed by atoms with E-state index in [1.165, 1.54) is 39.0 Å². The number of halogens is 1. The minimum Gasteiger partial charge on any atom is -0.455 e. The lowest BCUT2D eigenvalue weighted by Crippen LogP contribution is -2.60. The predicted molar refractivity (Wildman–Crippen MR) is 233 cm³/mol. The van der Waals surface area contributed by atoms with Crippen LogP contribution in [0.3, 0.4) is 0 Å². The molecule has 0 bridgehead atoms. The molecule has 6 rings (SSSR count). The third-order valence-electron chi connectivity index (χ3n) is 9.59. The molecule has 1 saturated heterocycles. The number of anilines is 3. The van der Waals surface area contributed by atoms with E-state index < -0.39 is 53.1 Å². The van der Waals surface area contributed by atoms with E-state index in [0.29, 0.717) is 39.3 Å². The number of ether oxygens (including phenoxy) is 2. The molecule has 0 radical (unpaired) electrons. The molecule has 2 aromatic heterocycles. The fraction of sp³-hybridized carbons (Fsp3) is 0.372. The molecular formula is C43H49ClN10O9. The van der Waals surface area contributed by atoms with Crippen molar-refractivity contribution in [2.24, 2.45) is 0 Å². The van der Waals surface area contributed by atoms with Crippen molar-refractivity contribution in [3.05, 3.63) is 89.3 Å². The Kier molecular flexibility index (Phi) is 13.5. The zero-order valence-corrected chi connectivity index (χ0v) is 36.6. The summed E-state index contributed by atoms with van der Waals surface area (Å²) in [5, 5.41) is 29.5. The highest BCUT2D eigenvalue weighted by atomic mass is 35.5. The van der Waals surface area contributed by atoms with Gasteiger partial charge in [-0.2, -0.15) is 4.68 Å². The maximum absolute atomic E-state index is 14.5. The number of tetrazole rings is 1. The molecule has 0 saturated carbocycles. The molecule has 0 unspecified atom stereocenters. The molecule has 3 aromatic carbocycles. The van der Waals surface area contributed by atoms with E-state index >= 15 is 0 Å². The van der Waals surface area contributed by atoms with E-state index in [1.807, 2.05) is 0 Å². The fourth-order valence-corrected chi connectivity index (χ4v) is 6.97. The highest BCUT2D eigenvalue weighted by molar-refractivity contribution is 6.41. The zero-order valence-electron chi connectivity index (χ0n) is 35.8. The van der Waals surface area contributed by atoms with Crippen molar-refractivity contribution in [2.45, 2.75) is 84.6 Å². The number of nitrogens with zero attached hydrogens (tertiary/aromatic N) is 7. The molecule has 2 atom stereocenters. The highest BCUT2D eigenvalue weighted by Crippen LogP contribution is 2.31. The van der Waals surface area contributed by atoms with Gasteiger partial charge >= 0.3 is 29.9 Å². The van der Waals surface area contributed by atoms with Gasteiger partial charge < -0.3 is 40.3 Å². The lowest BCUT2D eigenvalue weighted by atomic mass is 10.0. The summed E-state index contributed by atoms with van der Waals surface area (Å²) in [6, 6.07) is 15.5. The van der Waals surface area contributed by atoms with Gasteiger partial charge in [-0.3, -0.25) is 14.4 Å². The number of amides is 5. The van der Waals surface area contributed by atoms with Crippen LogP contribution in [0.1, 0.15) is 70.9 Å². The molecule has 0 spiro atoms. The first-order valence-corrected chi connectivity index (χ1v) is 20.4. The van der Waals surface area contributed by atoms with Gasteiger partial charge in [-0.15, -0.1) is 5.10 Å². The number of esters is 1. The first-order chi connectivity index (χ1) is 29.7. The van der Waals surface area contributed by atoms with Crippen molar-refractivity contribution in [2.75, 3.05) is 35.2 Å². The second-order valence-corrected chi connectivity index (χ2v) is 17.3. The number of nitrogens with one attached hydrogen (secondary N) is 3. The standard InChI is InChI=1S/C43H49ClN10O9/c1-25(16-19-55)46-40(60)48-29-11-8-26(9-12-29)20-34(52-18-17-51(37(57)38(52)58)33-23-28(44)10-14-32(33)53-24-45-49-50-53)36(56)47-30-13-15-31-27(21-30)22-35(39(59)62-42(2,3)4)54(31)41(61)63-43(5,6)7/h8-15,21-25,34,55H,16-20H2,1-7H3,(H,47,56)(H2,46,48,60)/t25-,34+/m1/s1. The second-order valence-electron chi connectivity index (χ2n) is 16.9. The Balaban J connectivity index is 1.31. The average Bonchev–Trinajstić information content (AvgIpc) is 3.86. The number of aromatic nitrogens is 5. The number of urea groups is 1. The molecular weight excluding hydrogens is 836 g/mol. The van der Waals surface area contributed by atoms with Crippen LogP contribution in [0.2, 0.25) is 5.02 Å². The van der Waals surface area contributed by atoms with Gasteiger partial charge in [-0.25, -0.2) is 19.0 Å². The summed E-state index contributed by atoms with van der Waals surface area (Å²) in [5.74, 6) is -3.28. The number of rotatable bonds is 12. The smallest absolute Gasteiger partial charge is 0.419 e. The molecule has 4 N–H and O–H groups in total. The van der Waals surface area contributed by atoms with Gasteiger partial charge in [0.2, 0.25) is 5.91 Å². The Bertz CT molecular complexity index is 2530. The molecule has 3 heterocycles. The van der Waals surface area contributed by atoms with E-state index in [0.717, 1.165) is 4.57 Å². The minimum atomic E-state index is -1.23. The van der Waals surface area contributed by atoms with Gasteiger partial charge in [0.05, 0.1) is 16.9 Å². The Morgan fingerprint density at radius 3 is 2.19 bits per heavy atom. The van der Waals surface area contributed by atoms with Crippen molar-refractivity contribution in [3.63, 3.8) is 0 Å². The van der Waals surface area contributed by atoms with E-state index in [2.05, 4.69) is 31.5 Å². The molecule has 20 heteroatoms. The third kappa shape index (κ3) is 11.2. The number of fused-ring (bicyclic) bond motifs is 1. The van der Waals surface area contributed by atoms with Crippen LogP contribution >= 0.6 is 11.6 Å². The van der Waals surface area contributed by atoms with E-state index in [4.69, 9.17) is 21.1 Å². The fourth-order valence-electron chi connectivity index (χ4n) is 6.81. The Morgan fingerprint density at radius 2 is 1.54 bits per heavy atom. The quantitative estimate of drug-likeness (QED) is 0.0921. The summed E-state index contributed by atoms with van der Waals surface area (Å²) in [6.45, 7) is 11.8. The monoisotopic (exact) mass is 884 g/mol. The molecule has 5 amide bonds. The van der Waals surface area contributed by atoms with Crippen molar-refractivity contribution >= 4 is 75.4 Å². The van der Waals surface area contributed by atoms with E-state index in [9.17, 15) is 33.9 Å². The molecule has 19 nitrogen and oxygen atoms in total. The summed E-state index contributed by atoms with van der Waals surface area (Å²) in [7, 11) is 0. The maximum atomic E-state index is 14.5. The van der Waals surface area contributed by atoms with Gasteiger partial charge in [-0.1, -0.05) is 23.7 Å². The number of aliphatic hydroxyl groups excluding tert-OH is 1. The summed E-state index contributed by atoms with van der Waals surface area (Å²) in [6.07, 6.45) is 0.865. The SMILES string of the molecule is C[C@H](CCO)NC(=O)Nc1ccc(C[C@@H](C(=O)Nc2ccc3c(c2)cc(C(=O)OC(C)(C)C)n3C(=O)OC(C)(C)C)N2CCN(c3cc(Cl)ccc3-n3cnnn3)C(=O)C2=O)cc1. The van der Waals surface area contributed by atoms with Gasteiger partial charge in [-0.05, 0) is 125 Å². The zero-order chi connectivity index (χ0) is 45.8. The molecule has 1 fully saturated rings. The molecule has 0 aliphatic carbocycles. The number of carbonyl (C=O) groups is 6. The summed E-state index contributed by atoms with van der Waals surface area (Å²) in [5.41, 5.74) is 0.444. The van der Waals surface area contributed by atoms with Gasteiger partial charge in [0.1, 0.15) is 29.3 Å². The van der Waals surface area contributed by atoms with Crippen LogP contribution in [-0.2, 0) is 30.3 Å². The van der Waals surface area contributed by atoms with Crippen LogP contribution in [0.15, 0.2) is 73.1 Å². The maximum Gasteiger partial charge on any atom is 0.419 e. The van der Waals surface area contributed by atoms with Crippen molar-refractivity contribution in [1.29, 1.82) is 0 Å². The third-order valence-corrected chi connectivity index (χ3v) is 9.83. The van der Waals surface area contributed by atoms with Crippen LogP contribution in [-0.4, -0.2) is 114 Å². The number of hydrogen-bond donors (Lipinski definition) is 4. The van der Waals surface area contributed by atoms with Crippen LogP contribution in [0.25, 0.3) is 16.6 Å². The summed E-state index contributed by atoms with van der Waals surface area (Å²) >= 11 is 6.34. The Labute approximate surface area is 367 Å². The van der Waals surface area contributed by atoms with Crippen molar-refractivity contribution in [3.8, 4) is 5.69 Å². The number of hydrogen-bond acceptors (Lipinski definition) is 12. The van der Waals surface area contributed by atoms with Crippen LogP contribution in [0.4, 0.5) is 26.7 Å². The van der Waals surface area contributed by atoms with Crippen LogP contribution < -0.4 is 20.9 Å². The average molecular weight is 885 g/mol. The largest absolute Gasteiger partial charge is 0.455 e. The molecule has 1 aliphatic rings. The topological polar surface area (TPSA) is 232 Å². The first-order valence-electron chi connectivity index (χ1n) is 20.1. The second kappa shape index (κ2) is 18.6. The molecule has 332 valence electrons. The van der Waals surface area contributed by atoms with Crippen molar-refractivity contribution in [1.82, 2.24) is 35.0 Å². The van der Waals surface area contributed by atoms with E-state index in [-0.39, 0.29) is 49.2 Å². The van der Waals surface area contributed by atoms with Crippen LogP contribution in [0, 0.1) is 0 Å². The molecule has 5 aromatic rings. The van der Waals surface area contributed by atoms with Gasteiger partial charge in [0, 0.05) is 53.9 Å². The van der Waals surface area contributed by atoms with Crippen LogP contribution in [0.5, 0.6) is 0 Å². The molecule has 1 aliphatic heterocycles. The highest BCUT2D eigenvalue weighted by Gasteiger charge is 2.41. The first kappa shape index (κ1) is 45.7. The Hall–Kier alpha value is -6.86. The number of aliphatic hydroxyl groups is 1. The lowest BCUT2D eigenvalue weighted by molar-refractivity contribution is -0.149. The number of benzene rings is 3. The number of piperazine rings is 1. The Morgan fingerprint density at radius 1 is 0.841 bits per heavy atom. The van der Waals surface area contributed by atoms with E-state index in [1.54, 1.807) is 97.0 Å². The summed E-state index contributed by atoms with van der Waals surface area (Å²) < 4.78 is 13.7. The molecule has 63 heavy (non-hydrogen) atoms. The summed E-state index contributed by atoms with van der Waals surface area (Å²) in [4.78, 5) is 84.5. The van der Waals surface area contributed by atoms with Gasteiger partial charge in [0.15, 0.2) is 0 Å². The van der Waals surface area contributed by atoms with Gasteiger partial charge in [0.25, 0.3) is 0 Å². The normalized spacial score (nSPS) is 14.3. The number of carbonyl (C=O) groups excluding carboxylic acids is 6.